The van der Waals surface area contributed by atoms with Crippen molar-refractivity contribution in [2.24, 2.45) is 0 Å². The third-order valence-corrected chi connectivity index (χ3v) is 3.06. The maximum Gasteiger partial charge on any atom is 0.410 e. The predicted molar refractivity (Wildman–Crippen MR) is 70.0 cm³/mol. The fourth-order valence-electron chi connectivity index (χ4n) is 2.19. The minimum Gasteiger partial charge on any atom is -0.469 e. The molecule has 1 saturated heterocycles. The molecule has 0 aliphatic carbocycles. The Bertz CT molecular complexity index is 460. The highest BCUT2D eigenvalue weighted by molar-refractivity contribution is 5.68. The summed E-state index contributed by atoms with van der Waals surface area (Å²) in [6.45, 7) is 8.10. The van der Waals surface area contributed by atoms with Crippen LogP contribution < -0.4 is 0 Å². The van der Waals surface area contributed by atoms with Gasteiger partial charge in [0.2, 0.25) is 0 Å². The number of rotatable bonds is 1. The Balaban J connectivity index is 2.03. The zero-order chi connectivity index (χ0) is 14.2. The second kappa shape index (κ2) is 4.89. The maximum absolute atomic E-state index is 12.0. The van der Waals surface area contributed by atoms with Crippen molar-refractivity contribution < 1.29 is 19.1 Å². The van der Waals surface area contributed by atoms with Gasteiger partial charge < -0.3 is 19.2 Å². The first-order valence-electron chi connectivity index (χ1n) is 6.47. The van der Waals surface area contributed by atoms with Crippen LogP contribution in [0.15, 0.2) is 16.7 Å². The molecule has 1 fully saturated rings. The number of aliphatic hydroxyl groups excluding tert-OH is 1. The lowest BCUT2D eigenvalue weighted by atomic mass is 10.0. The average molecular weight is 267 g/mol. The third kappa shape index (κ3) is 3.29. The minimum atomic E-state index is -0.613. The van der Waals surface area contributed by atoms with Crippen molar-refractivity contribution in [2.45, 2.75) is 45.3 Å². The van der Waals surface area contributed by atoms with Gasteiger partial charge in [-0.25, -0.2) is 4.79 Å². The lowest BCUT2D eigenvalue weighted by Gasteiger charge is -2.24. The summed E-state index contributed by atoms with van der Waals surface area (Å²) < 4.78 is 10.7. The molecule has 19 heavy (non-hydrogen) atoms. The van der Waals surface area contributed by atoms with Gasteiger partial charge >= 0.3 is 6.09 Å². The number of hydrogen-bond acceptors (Lipinski definition) is 4. The smallest absolute Gasteiger partial charge is 0.410 e. The van der Waals surface area contributed by atoms with Gasteiger partial charge in [-0.05, 0) is 39.3 Å². The van der Waals surface area contributed by atoms with E-state index >= 15 is 0 Å². The Morgan fingerprint density at radius 2 is 2.16 bits per heavy atom. The van der Waals surface area contributed by atoms with Crippen molar-refractivity contribution in [3.05, 3.63) is 23.7 Å². The quantitative estimate of drug-likeness (QED) is 0.848. The van der Waals surface area contributed by atoms with E-state index in [-0.39, 0.29) is 12.5 Å². The molecule has 1 N–H and O–H groups in total. The number of carbonyl (C=O) groups excluding carboxylic acids is 1. The fourth-order valence-corrected chi connectivity index (χ4v) is 2.19. The summed E-state index contributed by atoms with van der Waals surface area (Å²) in [6.07, 6.45) is 0.647. The summed E-state index contributed by atoms with van der Waals surface area (Å²) in [6, 6.07) is 1.90. The molecule has 0 aromatic carbocycles. The number of furan rings is 1. The first-order valence-corrected chi connectivity index (χ1v) is 6.47. The van der Waals surface area contributed by atoms with Gasteiger partial charge in [-0.1, -0.05) is 0 Å². The number of hydrogen-bond donors (Lipinski definition) is 1. The van der Waals surface area contributed by atoms with Crippen molar-refractivity contribution in [1.82, 2.24) is 4.90 Å². The maximum atomic E-state index is 12.0. The Morgan fingerprint density at radius 3 is 2.68 bits per heavy atom. The number of nitrogens with zero attached hydrogens (tertiary/aromatic N) is 1. The highest BCUT2D eigenvalue weighted by Crippen LogP contribution is 2.29. The van der Waals surface area contributed by atoms with Crippen LogP contribution in [0.5, 0.6) is 0 Å². The molecule has 2 atom stereocenters. The number of aryl methyl sites for hydroxylation is 1. The minimum absolute atomic E-state index is 0.179. The Kier molecular flexibility index (Phi) is 3.58. The molecule has 106 valence electrons. The van der Waals surface area contributed by atoms with E-state index in [1.165, 1.54) is 4.90 Å². The van der Waals surface area contributed by atoms with Crippen LogP contribution in [0.4, 0.5) is 4.79 Å². The number of likely N-dealkylation sites (tertiary alicyclic amines) is 1. The molecule has 2 rings (SSSR count). The number of ether oxygens (including phenoxy) is 1. The molecule has 1 amide bonds. The van der Waals surface area contributed by atoms with Crippen molar-refractivity contribution in [3.63, 3.8) is 0 Å². The Labute approximate surface area is 113 Å². The van der Waals surface area contributed by atoms with E-state index in [0.717, 1.165) is 11.3 Å². The molecule has 2 heterocycles. The lowest BCUT2D eigenvalue weighted by Crippen LogP contribution is -2.35. The van der Waals surface area contributed by atoms with Crippen LogP contribution >= 0.6 is 0 Å². The standard InChI is InChI=1S/C14H21NO4/c1-9-5-12(18-8-9)10-6-15(7-11(10)16)13(17)19-14(2,3)4/h5,8,10-11,16H,6-7H2,1-4H3/t10-,11-/m1/s1. The zero-order valence-electron chi connectivity index (χ0n) is 11.8. The van der Waals surface area contributed by atoms with Crippen molar-refractivity contribution in [3.8, 4) is 0 Å². The van der Waals surface area contributed by atoms with Gasteiger partial charge in [0.15, 0.2) is 0 Å². The number of β-amino-alcohol motifs (C(OH)–C–C–N with tert-alkyl or cyclic N) is 1. The van der Waals surface area contributed by atoms with Crippen LogP contribution in [0, 0.1) is 6.92 Å². The van der Waals surface area contributed by atoms with E-state index < -0.39 is 17.8 Å². The summed E-state index contributed by atoms with van der Waals surface area (Å²) >= 11 is 0. The Morgan fingerprint density at radius 1 is 1.47 bits per heavy atom. The molecule has 1 aromatic rings. The molecule has 0 spiro atoms. The normalized spacial score (nSPS) is 23.7. The van der Waals surface area contributed by atoms with Gasteiger partial charge in [-0.3, -0.25) is 0 Å². The molecule has 0 bridgehead atoms. The molecule has 1 aliphatic heterocycles. The van der Waals surface area contributed by atoms with Crippen molar-refractivity contribution in [2.75, 3.05) is 13.1 Å². The van der Waals surface area contributed by atoms with Crippen LogP contribution in [-0.4, -0.2) is 40.9 Å². The molecule has 1 aliphatic rings. The van der Waals surface area contributed by atoms with Crippen molar-refractivity contribution in [1.29, 1.82) is 0 Å². The largest absolute Gasteiger partial charge is 0.469 e. The molecular weight excluding hydrogens is 246 g/mol. The molecule has 0 radical (unpaired) electrons. The zero-order valence-corrected chi connectivity index (χ0v) is 11.8. The van der Waals surface area contributed by atoms with Gasteiger partial charge in [0.1, 0.15) is 11.4 Å². The summed E-state index contributed by atoms with van der Waals surface area (Å²) in [5.41, 5.74) is 0.486. The van der Waals surface area contributed by atoms with E-state index in [4.69, 9.17) is 9.15 Å². The van der Waals surface area contributed by atoms with E-state index in [0.29, 0.717) is 6.54 Å². The summed E-state index contributed by atoms with van der Waals surface area (Å²) in [5, 5.41) is 10.1. The predicted octanol–water partition coefficient (Wildman–Crippen LogP) is 2.28. The summed E-state index contributed by atoms with van der Waals surface area (Å²) in [4.78, 5) is 13.5. The van der Waals surface area contributed by atoms with Crippen LogP contribution in [0.3, 0.4) is 0 Å². The topological polar surface area (TPSA) is 62.9 Å². The highest BCUT2D eigenvalue weighted by atomic mass is 16.6. The number of carbonyl (C=O) groups is 1. The molecule has 5 heteroatoms. The molecule has 0 unspecified atom stereocenters. The average Bonchev–Trinajstić information content (AvgIpc) is 2.82. The monoisotopic (exact) mass is 267 g/mol. The number of aliphatic hydroxyl groups is 1. The van der Waals surface area contributed by atoms with Gasteiger partial charge in [0.25, 0.3) is 0 Å². The van der Waals surface area contributed by atoms with Crippen LogP contribution in [-0.2, 0) is 4.74 Å². The van der Waals surface area contributed by atoms with E-state index in [9.17, 15) is 9.90 Å². The second-order valence-corrected chi connectivity index (χ2v) is 6.09. The van der Waals surface area contributed by atoms with Gasteiger partial charge in [-0.15, -0.1) is 0 Å². The first kappa shape index (κ1) is 13.9. The van der Waals surface area contributed by atoms with E-state index in [1.807, 2.05) is 33.8 Å². The van der Waals surface area contributed by atoms with E-state index in [2.05, 4.69) is 0 Å². The van der Waals surface area contributed by atoms with Crippen molar-refractivity contribution >= 4 is 6.09 Å². The molecule has 0 saturated carbocycles. The highest BCUT2D eigenvalue weighted by Gasteiger charge is 2.38. The van der Waals surface area contributed by atoms with Gasteiger partial charge in [0, 0.05) is 6.54 Å². The van der Waals surface area contributed by atoms with Crippen LogP contribution in [0.2, 0.25) is 0 Å². The van der Waals surface area contributed by atoms with Crippen LogP contribution in [0.1, 0.15) is 38.0 Å². The van der Waals surface area contributed by atoms with Crippen LogP contribution in [0.25, 0.3) is 0 Å². The van der Waals surface area contributed by atoms with Gasteiger partial charge in [0.05, 0.1) is 24.8 Å². The number of amides is 1. The molecule has 1 aromatic heterocycles. The Hall–Kier alpha value is -1.49. The summed E-state index contributed by atoms with van der Waals surface area (Å²) in [7, 11) is 0. The SMILES string of the molecule is Cc1coc([C@@H]2CN(C(=O)OC(C)(C)C)C[C@H]2O)c1. The third-order valence-electron chi connectivity index (χ3n) is 3.06. The van der Waals surface area contributed by atoms with E-state index in [1.54, 1.807) is 6.26 Å². The molecular formula is C14H21NO4. The molecule has 5 nitrogen and oxygen atoms in total. The second-order valence-electron chi connectivity index (χ2n) is 6.09. The lowest BCUT2D eigenvalue weighted by molar-refractivity contribution is 0.0270. The fraction of sp³-hybridized carbons (Fsp3) is 0.643. The summed E-state index contributed by atoms with van der Waals surface area (Å²) in [5.74, 6) is 0.539. The first-order chi connectivity index (χ1) is 8.76. The van der Waals surface area contributed by atoms with Gasteiger partial charge in [-0.2, -0.15) is 0 Å².